The van der Waals surface area contributed by atoms with Crippen molar-refractivity contribution in [2.75, 3.05) is 18.2 Å². The minimum absolute atomic E-state index is 0.379. The summed E-state index contributed by atoms with van der Waals surface area (Å²) in [5.74, 6) is -0.427. The molecule has 0 aliphatic rings. The SMILES string of the molecule is CCc1ccc(CNc2ccc(N)c(C(=O)OC)c2)cc1. The monoisotopic (exact) mass is 284 g/mol. The number of carbonyl (C=O) groups excluding carboxylic acids is 1. The number of hydrogen-bond donors (Lipinski definition) is 2. The van der Waals surface area contributed by atoms with Crippen molar-refractivity contribution < 1.29 is 9.53 Å². The molecule has 0 saturated heterocycles. The summed E-state index contributed by atoms with van der Waals surface area (Å²) in [4.78, 5) is 11.6. The quantitative estimate of drug-likeness (QED) is 0.653. The minimum atomic E-state index is -0.427. The molecular weight excluding hydrogens is 264 g/mol. The normalized spacial score (nSPS) is 10.2. The third-order valence-corrected chi connectivity index (χ3v) is 3.39. The van der Waals surface area contributed by atoms with Gasteiger partial charge in [-0.1, -0.05) is 31.2 Å². The lowest BCUT2D eigenvalue weighted by atomic mass is 10.1. The van der Waals surface area contributed by atoms with Crippen molar-refractivity contribution in [2.24, 2.45) is 0 Å². The molecule has 4 heteroatoms. The van der Waals surface area contributed by atoms with Gasteiger partial charge >= 0.3 is 5.97 Å². The standard InChI is InChI=1S/C17H20N2O2/c1-3-12-4-6-13(7-5-12)11-19-14-8-9-16(18)15(10-14)17(20)21-2/h4-10,19H,3,11,18H2,1-2H3. The van der Waals surface area contributed by atoms with Gasteiger partial charge in [-0.05, 0) is 35.7 Å². The first kappa shape index (κ1) is 14.9. The Morgan fingerprint density at radius 1 is 1.14 bits per heavy atom. The van der Waals surface area contributed by atoms with Crippen molar-refractivity contribution in [1.82, 2.24) is 0 Å². The topological polar surface area (TPSA) is 64.3 Å². The molecule has 4 nitrogen and oxygen atoms in total. The number of ether oxygens (including phenoxy) is 1. The first-order chi connectivity index (χ1) is 10.1. The van der Waals surface area contributed by atoms with Crippen LogP contribution in [0.5, 0.6) is 0 Å². The van der Waals surface area contributed by atoms with E-state index in [0.29, 0.717) is 17.8 Å². The first-order valence-electron chi connectivity index (χ1n) is 6.93. The fourth-order valence-electron chi connectivity index (χ4n) is 2.05. The van der Waals surface area contributed by atoms with Crippen LogP contribution in [0.3, 0.4) is 0 Å². The second-order valence-corrected chi connectivity index (χ2v) is 4.82. The lowest BCUT2D eigenvalue weighted by Crippen LogP contribution is -2.07. The summed E-state index contributed by atoms with van der Waals surface area (Å²) in [5, 5.41) is 3.28. The Labute approximate surface area is 124 Å². The van der Waals surface area contributed by atoms with Crippen LogP contribution in [0.15, 0.2) is 42.5 Å². The first-order valence-corrected chi connectivity index (χ1v) is 6.93. The molecule has 0 fully saturated rings. The number of aryl methyl sites for hydroxylation is 1. The number of nitrogens with two attached hydrogens (primary N) is 1. The molecule has 0 aromatic heterocycles. The van der Waals surface area contributed by atoms with Crippen LogP contribution in [0.25, 0.3) is 0 Å². The Bertz CT molecular complexity index is 621. The number of carbonyl (C=O) groups is 1. The van der Waals surface area contributed by atoms with Crippen LogP contribution in [0.2, 0.25) is 0 Å². The molecule has 2 aromatic carbocycles. The Hall–Kier alpha value is -2.49. The molecule has 0 heterocycles. The molecule has 2 rings (SSSR count). The number of esters is 1. The third kappa shape index (κ3) is 3.75. The van der Waals surface area contributed by atoms with Gasteiger partial charge < -0.3 is 15.8 Å². The maximum Gasteiger partial charge on any atom is 0.340 e. The Balaban J connectivity index is 2.07. The van der Waals surface area contributed by atoms with Crippen molar-refractivity contribution in [3.8, 4) is 0 Å². The maximum atomic E-state index is 11.6. The van der Waals surface area contributed by atoms with Crippen LogP contribution in [-0.4, -0.2) is 13.1 Å². The molecule has 3 N–H and O–H groups in total. The molecule has 0 unspecified atom stereocenters. The van der Waals surface area contributed by atoms with Gasteiger partial charge in [0.15, 0.2) is 0 Å². The van der Waals surface area contributed by atoms with Gasteiger partial charge in [-0.25, -0.2) is 4.79 Å². The lowest BCUT2D eigenvalue weighted by molar-refractivity contribution is 0.0602. The van der Waals surface area contributed by atoms with Crippen LogP contribution in [0.4, 0.5) is 11.4 Å². The van der Waals surface area contributed by atoms with E-state index in [2.05, 4.69) is 36.5 Å². The highest BCUT2D eigenvalue weighted by molar-refractivity contribution is 5.96. The number of anilines is 2. The number of rotatable bonds is 5. The van der Waals surface area contributed by atoms with Crippen molar-refractivity contribution in [3.63, 3.8) is 0 Å². The molecule has 0 aliphatic carbocycles. The van der Waals surface area contributed by atoms with E-state index in [9.17, 15) is 4.79 Å². The highest BCUT2D eigenvalue weighted by atomic mass is 16.5. The van der Waals surface area contributed by atoms with Crippen molar-refractivity contribution in [2.45, 2.75) is 19.9 Å². The van der Waals surface area contributed by atoms with Crippen LogP contribution in [-0.2, 0) is 17.7 Å². The Morgan fingerprint density at radius 3 is 2.43 bits per heavy atom. The lowest BCUT2D eigenvalue weighted by Gasteiger charge is -2.10. The molecule has 0 aliphatic heterocycles. The molecule has 0 saturated carbocycles. The van der Waals surface area contributed by atoms with E-state index in [-0.39, 0.29) is 0 Å². The zero-order valence-electron chi connectivity index (χ0n) is 12.3. The van der Waals surface area contributed by atoms with Crippen molar-refractivity contribution >= 4 is 17.3 Å². The molecule has 0 amide bonds. The Morgan fingerprint density at radius 2 is 1.81 bits per heavy atom. The van der Waals surface area contributed by atoms with Crippen LogP contribution in [0, 0.1) is 0 Å². The van der Waals surface area contributed by atoms with Crippen molar-refractivity contribution in [1.29, 1.82) is 0 Å². The fraction of sp³-hybridized carbons (Fsp3) is 0.235. The average molecular weight is 284 g/mol. The number of hydrogen-bond acceptors (Lipinski definition) is 4. The predicted molar refractivity (Wildman–Crippen MR) is 85.3 cm³/mol. The summed E-state index contributed by atoms with van der Waals surface area (Å²) in [5.41, 5.74) is 9.91. The van der Waals surface area contributed by atoms with Gasteiger partial charge in [-0.15, -0.1) is 0 Å². The Kier molecular flexibility index (Phi) is 4.82. The van der Waals surface area contributed by atoms with E-state index in [1.807, 2.05) is 6.07 Å². The summed E-state index contributed by atoms with van der Waals surface area (Å²) in [6.45, 7) is 2.82. The van der Waals surface area contributed by atoms with Crippen LogP contribution in [0.1, 0.15) is 28.4 Å². The third-order valence-electron chi connectivity index (χ3n) is 3.39. The predicted octanol–water partition coefficient (Wildman–Crippen LogP) is 3.23. The van der Waals surface area contributed by atoms with E-state index in [1.165, 1.54) is 18.2 Å². The van der Waals surface area contributed by atoms with E-state index in [4.69, 9.17) is 10.5 Å². The number of benzene rings is 2. The largest absolute Gasteiger partial charge is 0.465 e. The maximum absolute atomic E-state index is 11.6. The van der Waals surface area contributed by atoms with Gasteiger partial charge in [-0.2, -0.15) is 0 Å². The van der Waals surface area contributed by atoms with Crippen LogP contribution >= 0.6 is 0 Å². The zero-order valence-corrected chi connectivity index (χ0v) is 12.3. The molecule has 0 bridgehead atoms. The van der Waals surface area contributed by atoms with Crippen LogP contribution < -0.4 is 11.1 Å². The number of methoxy groups -OCH3 is 1. The van der Waals surface area contributed by atoms with Gasteiger partial charge in [0, 0.05) is 17.9 Å². The van der Waals surface area contributed by atoms with Gasteiger partial charge in [-0.3, -0.25) is 0 Å². The molecule has 0 radical (unpaired) electrons. The second kappa shape index (κ2) is 6.79. The van der Waals surface area contributed by atoms with Crippen molar-refractivity contribution in [3.05, 3.63) is 59.2 Å². The highest BCUT2D eigenvalue weighted by Gasteiger charge is 2.10. The summed E-state index contributed by atoms with van der Waals surface area (Å²) < 4.78 is 4.71. The summed E-state index contributed by atoms with van der Waals surface area (Å²) in [6, 6.07) is 13.7. The fourth-order valence-corrected chi connectivity index (χ4v) is 2.05. The molecular formula is C17H20N2O2. The summed E-state index contributed by atoms with van der Waals surface area (Å²) in [7, 11) is 1.34. The van der Waals surface area contributed by atoms with Gasteiger partial charge in [0.2, 0.25) is 0 Å². The smallest absolute Gasteiger partial charge is 0.340 e. The van der Waals surface area contributed by atoms with E-state index in [1.54, 1.807) is 12.1 Å². The average Bonchev–Trinajstić information content (AvgIpc) is 2.53. The van der Waals surface area contributed by atoms with E-state index in [0.717, 1.165) is 12.1 Å². The molecule has 0 spiro atoms. The number of nitrogens with one attached hydrogen (secondary N) is 1. The van der Waals surface area contributed by atoms with Gasteiger partial charge in [0.1, 0.15) is 0 Å². The zero-order chi connectivity index (χ0) is 15.2. The highest BCUT2D eigenvalue weighted by Crippen LogP contribution is 2.19. The molecule has 110 valence electrons. The summed E-state index contributed by atoms with van der Waals surface area (Å²) in [6.07, 6.45) is 1.04. The van der Waals surface area contributed by atoms with Gasteiger partial charge in [0.25, 0.3) is 0 Å². The van der Waals surface area contributed by atoms with Gasteiger partial charge in [0.05, 0.1) is 12.7 Å². The second-order valence-electron chi connectivity index (χ2n) is 4.82. The van der Waals surface area contributed by atoms with E-state index >= 15 is 0 Å². The summed E-state index contributed by atoms with van der Waals surface area (Å²) >= 11 is 0. The molecule has 2 aromatic rings. The number of nitrogen functional groups attached to an aromatic ring is 1. The van der Waals surface area contributed by atoms with E-state index < -0.39 is 5.97 Å². The minimum Gasteiger partial charge on any atom is -0.465 e. The molecule has 0 atom stereocenters. The molecule has 21 heavy (non-hydrogen) atoms.